The number of benzene rings is 2. The molecule has 0 aromatic heterocycles. The minimum Gasteiger partial charge on any atom is -0.383 e. The first kappa shape index (κ1) is 24.5. The lowest BCUT2D eigenvalue weighted by atomic mass is 9.88. The van der Waals surface area contributed by atoms with E-state index in [0.717, 1.165) is 52.1 Å². The molecule has 2 nitrogen and oxygen atoms in total. The molecule has 0 aliphatic carbocycles. The van der Waals surface area contributed by atoms with Gasteiger partial charge in [0.2, 0.25) is 0 Å². The summed E-state index contributed by atoms with van der Waals surface area (Å²) in [6.45, 7) is 14.9. The molecule has 0 saturated carbocycles. The van der Waals surface area contributed by atoms with Crippen molar-refractivity contribution < 1.29 is 8.78 Å². The van der Waals surface area contributed by atoms with Gasteiger partial charge in [-0.2, -0.15) is 0 Å². The summed E-state index contributed by atoms with van der Waals surface area (Å²) in [4.78, 5) is 0. The minimum absolute atomic E-state index is 0.142. The minimum atomic E-state index is -0.273. The number of aryl methyl sites for hydroxylation is 1. The van der Waals surface area contributed by atoms with Crippen LogP contribution >= 0.6 is 0 Å². The SMILES string of the molecule is C=CC(CCNC)NC(=C)CC/C(=C(/C)c1ccc(F)cc1)c1cc(F)cc(C)c1C. The first-order valence-electron chi connectivity index (χ1n) is 10.7. The molecule has 2 aromatic carbocycles. The Morgan fingerprint density at radius 2 is 1.74 bits per heavy atom. The van der Waals surface area contributed by atoms with E-state index in [1.54, 1.807) is 24.3 Å². The number of hydrogen-bond donors (Lipinski definition) is 2. The Bertz CT molecular complexity index is 942. The zero-order valence-corrected chi connectivity index (χ0v) is 19.1. The van der Waals surface area contributed by atoms with Crippen LogP contribution in [0.1, 0.15) is 48.4 Å². The van der Waals surface area contributed by atoms with Gasteiger partial charge in [0.1, 0.15) is 11.6 Å². The van der Waals surface area contributed by atoms with Crippen molar-refractivity contribution in [3.05, 3.63) is 95.2 Å². The maximum atomic E-state index is 14.3. The topological polar surface area (TPSA) is 24.1 Å². The molecule has 0 bridgehead atoms. The molecule has 31 heavy (non-hydrogen) atoms. The predicted molar refractivity (Wildman–Crippen MR) is 129 cm³/mol. The molecule has 2 aromatic rings. The largest absolute Gasteiger partial charge is 0.383 e. The number of nitrogens with one attached hydrogen (secondary N) is 2. The third kappa shape index (κ3) is 6.90. The van der Waals surface area contributed by atoms with E-state index >= 15 is 0 Å². The molecule has 0 aliphatic rings. The molecule has 0 aliphatic heterocycles. The lowest BCUT2D eigenvalue weighted by Gasteiger charge is -2.21. The van der Waals surface area contributed by atoms with Crippen LogP contribution < -0.4 is 10.6 Å². The number of allylic oxidation sites excluding steroid dienone is 3. The van der Waals surface area contributed by atoms with E-state index in [9.17, 15) is 8.78 Å². The van der Waals surface area contributed by atoms with E-state index in [4.69, 9.17) is 0 Å². The molecule has 2 rings (SSSR count). The van der Waals surface area contributed by atoms with Gasteiger partial charge in [-0.15, -0.1) is 6.58 Å². The van der Waals surface area contributed by atoms with Crippen LogP contribution in [-0.4, -0.2) is 19.6 Å². The molecule has 0 heterocycles. The van der Waals surface area contributed by atoms with Crippen LogP contribution in [0.5, 0.6) is 0 Å². The number of rotatable bonds is 11. The van der Waals surface area contributed by atoms with Gasteiger partial charge >= 0.3 is 0 Å². The van der Waals surface area contributed by atoms with Crippen molar-refractivity contribution in [2.75, 3.05) is 13.6 Å². The fourth-order valence-electron chi connectivity index (χ4n) is 3.69. The van der Waals surface area contributed by atoms with Crippen molar-refractivity contribution in [2.24, 2.45) is 0 Å². The smallest absolute Gasteiger partial charge is 0.124 e. The Hall–Kier alpha value is -2.72. The van der Waals surface area contributed by atoms with Crippen LogP contribution in [0, 0.1) is 25.5 Å². The van der Waals surface area contributed by atoms with Crippen LogP contribution in [0.25, 0.3) is 11.1 Å². The van der Waals surface area contributed by atoms with Gasteiger partial charge < -0.3 is 10.6 Å². The second kappa shape index (κ2) is 11.6. The first-order valence-corrected chi connectivity index (χ1v) is 10.7. The van der Waals surface area contributed by atoms with Gasteiger partial charge in [0, 0.05) is 11.7 Å². The van der Waals surface area contributed by atoms with Crippen molar-refractivity contribution in [2.45, 2.75) is 46.1 Å². The molecule has 1 unspecified atom stereocenters. The molecule has 0 spiro atoms. The summed E-state index contributed by atoms with van der Waals surface area (Å²) in [5.41, 5.74) is 6.74. The second-order valence-electron chi connectivity index (χ2n) is 7.99. The van der Waals surface area contributed by atoms with Crippen LogP contribution in [0.15, 0.2) is 61.3 Å². The highest BCUT2D eigenvalue weighted by Crippen LogP contribution is 2.34. The van der Waals surface area contributed by atoms with Crippen molar-refractivity contribution in [3.63, 3.8) is 0 Å². The van der Waals surface area contributed by atoms with Crippen molar-refractivity contribution in [1.82, 2.24) is 10.6 Å². The van der Waals surface area contributed by atoms with Crippen LogP contribution in [0.3, 0.4) is 0 Å². The Balaban J connectivity index is 2.35. The molecule has 4 heteroatoms. The quantitative estimate of drug-likeness (QED) is 0.315. The van der Waals surface area contributed by atoms with E-state index in [0.29, 0.717) is 12.8 Å². The molecule has 1 atom stereocenters. The highest BCUT2D eigenvalue weighted by atomic mass is 19.1. The Morgan fingerprint density at radius 3 is 2.35 bits per heavy atom. The lowest BCUT2D eigenvalue weighted by molar-refractivity contribution is 0.581. The standard InChI is InChI=1S/C27H34F2N2/c1-7-25(14-15-30-6)31-19(3)8-13-26(21(5)22-9-11-23(28)12-10-22)27-17-24(29)16-18(2)20(27)4/h7,9-12,16-17,25,30-31H,1,3,8,13-15H2,2,4-6H3/b26-21+. The van der Waals surface area contributed by atoms with E-state index in [-0.39, 0.29) is 17.7 Å². The highest BCUT2D eigenvalue weighted by molar-refractivity contribution is 5.91. The van der Waals surface area contributed by atoms with Gasteiger partial charge in [0.25, 0.3) is 0 Å². The van der Waals surface area contributed by atoms with Crippen molar-refractivity contribution in [1.29, 1.82) is 0 Å². The summed E-state index contributed by atoms with van der Waals surface area (Å²) >= 11 is 0. The molecule has 0 amide bonds. The Kier molecular flexibility index (Phi) is 9.20. The third-order valence-electron chi connectivity index (χ3n) is 5.74. The third-order valence-corrected chi connectivity index (χ3v) is 5.74. The normalized spacial score (nSPS) is 12.8. The molecule has 0 fully saturated rings. The number of halogens is 2. The maximum absolute atomic E-state index is 14.3. The fraction of sp³-hybridized carbons (Fsp3) is 0.333. The van der Waals surface area contributed by atoms with Gasteiger partial charge in [-0.25, -0.2) is 8.78 Å². The summed E-state index contributed by atoms with van der Waals surface area (Å²) in [7, 11) is 1.92. The van der Waals surface area contributed by atoms with E-state index in [2.05, 4.69) is 23.8 Å². The second-order valence-corrected chi connectivity index (χ2v) is 7.99. The lowest BCUT2D eigenvalue weighted by Crippen LogP contribution is -2.29. The molecular formula is C27H34F2N2. The van der Waals surface area contributed by atoms with Crippen LogP contribution in [0.4, 0.5) is 8.78 Å². The average molecular weight is 425 g/mol. The summed E-state index contributed by atoms with van der Waals surface area (Å²) in [6, 6.07) is 9.74. The van der Waals surface area contributed by atoms with Gasteiger partial charge in [-0.05, 0) is 111 Å². The Morgan fingerprint density at radius 1 is 1.06 bits per heavy atom. The average Bonchev–Trinajstić information content (AvgIpc) is 2.74. The summed E-state index contributed by atoms with van der Waals surface area (Å²) in [6.07, 6.45) is 4.20. The van der Waals surface area contributed by atoms with E-state index in [1.807, 2.05) is 33.9 Å². The van der Waals surface area contributed by atoms with E-state index < -0.39 is 0 Å². The zero-order chi connectivity index (χ0) is 23.0. The molecule has 166 valence electrons. The molecular weight excluding hydrogens is 390 g/mol. The summed E-state index contributed by atoms with van der Waals surface area (Å²) in [5, 5.41) is 6.58. The number of hydrogen-bond acceptors (Lipinski definition) is 2. The Labute approximate surface area is 185 Å². The summed E-state index contributed by atoms with van der Waals surface area (Å²) < 4.78 is 27.7. The van der Waals surface area contributed by atoms with Gasteiger partial charge in [-0.1, -0.05) is 24.8 Å². The van der Waals surface area contributed by atoms with Crippen molar-refractivity contribution in [3.8, 4) is 0 Å². The molecule has 2 N–H and O–H groups in total. The van der Waals surface area contributed by atoms with Gasteiger partial charge in [-0.3, -0.25) is 0 Å². The monoisotopic (exact) mass is 424 g/mol. The molecule has 0 radical (unpaired) electrons. The first-order chi connectivity index (χ1) is 14.8. The fourth-order valence-corrected chi connectivity index (χ4v) is 3.69. The van der Waals surface area contributed by atoms with Crippen LogP contribution in [0.2, 0.25) is 0 Å². The zero-order valence-electron chi connectivity index (χ0n) is 19.1. The van der Waals surface area contributed by atoms with Gasteiger partial charge in [0.05, 0.1) is 0 Å². The van der Waals surface area contributed by atoms with E-state index in [1.165, 1.54) is 12.1 Å². The summed E-state index contributed by atoms with van der Waals surface area (Å²) in [5.74, 6) is -0.524. The highest BCUT2D eigenvalue weighted by Gasteiger charge is 2.15. The van der Waals surface area contributed by atoms with Crippen LogP contribution in [-0.2, 0) is 0 Å². The van der Waals surface area contributed by atoms with Gasteiger partial charge in [0.15, 0.2) is 0 Å². The molecule has 0 saturated heterocycles. The maximum Gasteiger partial charge on any atom is 0.124 e. The van der Waals surface area contributed by atoms with Crippen molar-refractivity contribution >= 4 is 11.1 Å². The predicted octanol–water partition coefficient (Wildman–Crippen LogP) is 6.56.